The Morgan fingerprint density at radius 1 is 0.232 bits per heavy atom. The van der Waals surface area contributed by atoms with Crippen LogP contribution in [0.5, 0.6) is 0 Å². The van der Waals surface area contributed by atoms with Crippen molar-refractivity contribution >= 4 is 110 Å². The van der Waals surface area contributed by atoms with Crippen LogP contribution in [0.2, 0.25) is 0 Å². The number of benzene rings is 14. The molecule has 0 N–H and O–H groups in total. The zero-order valence-corrected chi connectivity index (χ0v) is 45.5. The summed E-state index contributed by atoms with van der Waals surface area (Å²) >= 11 is 0. The highest BCUT2D eigenvalue weighted by atomic mass is 15.2. The van der Waals surface area contributed by atoms with Gasteiger partial charge in [0.2, 0.25) is 0 Å². The molecule has 0 atom stereocenters. The molecule has 14 aromatic carbocycles. The third kappa shape index (κ3) is 7.53. The third-order valence-electron chi connectivity index (χ3n) is 17.0. The standard InChI is InChI=1S/C78H54N4/c1-51-45-75(79(57-23-7-3-8-24-57)61-31-19-21-53(47-61)55-37-43-73-69(49-55)65-33-15-17-35-71(65)81(73)59-27-11-5-12-28-59)67-42-40-64-52(2)46-76(68-41-39-63(51)77(67)78(64)68)80(58-25-9-4-10-26-58)62-32-20-22-54(48-62)56-38-44-74-70(50-56)66-34-16-18-36-72(66)82(74)60-29-13-6-14-30-60/h3-50H,1-2H3. The van der Waals surface area contributed by atoms with Crippen LogP contribution in [0.15, 0.2) is 291 Å². The normalized spacial score (nSPS) is 11.8. The number of fused-ring (bicyclic) bond motifs is 6. The number of hydrogen-bond donors (Lipinski definition) is 0. The topological polar surface area (TPSA) is 16.3 Å². The maximum absolute atomic E-state index is 2.47. The lowest BCUT2D eigenvalue weighted by atomic mass is 9.88. The van der Waals surface area contributed by atoms with E-state index in [1.54, 1.807) is 0 Å². The van der Waals surface area contributed by atoms with Gasteiger partial charge in [0, 0.05) is 66.4 Å². The number of para-hydroxylation sites is 6. The largest absolute Gasteiger partial charge is 0.310 e. The summed E-state index contributed by atoms with van der Waals surface area (Å²) in [6, 6.07) is 107. The molecule has 16 rings (SSSR count). The van der Waals surface area contributed by atoms with Gasteiger partial charge in [-0.3, -0.25) is 0 Å². The fourth-order valence-electron chi connectivity index (χ4n) is 13.3. The predicted molar refractivity (Wildman–Crippen MR) is 349 cm³/mol. The average Bonchev–Trinajstić information content (AvgIpc) is 4.11. The minimum atomic E-state index is 1.10. The highest BCUT2D eigenvalue weighted by Gasteiger charge is 2.25. The third-order valence-corrected chi connectivity index (χ3v) is 17.0. The van der Waals surface area contributed by atoms with Gasteiger partial charge in [-0.05, 0) is 190 Å². The molecule has 0 radical (unpaired) electrons. The van der Waals surface area contributed by atoms with Crippen molar-refractivity contribution in [3.8, 4) is 33.6 Å². The van der Waals surface area contributed by atoms with E-state index in [1.807, 2.05) is 0 Å². The Morgan fingerprint density at radius 3 is 1.00 bits per heavy atom. The van der Waals surface area contributed by atoms with Crippen LogP contribution in [0.25, 0.3) is 110 Å². The van der Waals surface area contributed by atoms with Crippen LogP contribution in [0.3, 0.4) is 0 Å². The zero-order chi connectivity index (χ0) is 54.4. The van der Waals surface area contributed by atoms with E-state index in [9.17, 15) is 0 Å². The molecule has 0 fully saturated rings. The van der Waals surface area contributed by atoms with Gasteiger partial charge in [-0.15, -0.1) is 0 Å². The van der Waals surface area contributed by atoms with Crippen molar-refractivity contribution in [3.05, 3.63) is 302 Å². The Kier molecular flexibility index (Phi) is 11.0. The summed E-state index contributed by atoms with van der Waals surface area (Å²) in [5.74, 6) is 0. The molecule has 2 aromatic heterocycles. The van der Waals surface area contributed by atoms with Crippen molar-refractivity contribution in [2.75, 3.05) is 9.80 Å². The number of anilines is 6. The Bertz CT molecular complexity index is 4790. The van der Waals surface area contributed by atoms with E-state index in [0.717, 1.165) is 56.6 Å². The van der Waals surface area contributed by atoms with Crippen molar-refractivity contribution < 1.29 is 0 Å². The van der Waals surface area contributed by atoms with Crippen LogP contribution in [0.4, 0.5) is 34.1 Å². The Morgan fingerprint density at radius 2 is 0.573 bits per heavy atom. The first-order valence-corrected chi connectivity index (χ1v) is 28.3. The molecule has 0 saturated carbocycles. The molecule has 0 unspecified atom stereocenters. The second-order valence-electron chi connectivity index (χ2n) is 21.8. The lowest BCUT2D eigenvalue weighted by Crippen LogP contribution is -2.12. The highest BCUT2D eigenvalue weighted by Crippen LogP contribution is 2.50. The van der Waals surface area contributed by atoms with Gasteiger partial charge in [0.25, 0.3) is 0 Å². The number of hydrogen-bond acceptors (Lipinski definition) is 2. The zero-order valence-electron chi connectivity index (χ0n) is 45.5. The van der Waals surface area contributed by atoms with Crippen LogP contribution < -0.4 is 9.80 Å². The van der Waals surface area contributed by atoms with E-state index < -0.39 is 0 Å². The quantitative estimate of drug-likeness (QED) is 0.127. The molecule has 16 aromatic rings. The van der Waals surface area contributed by atoms with Crippen molar-refractivity contribution in [2.45, 2.75) is 13.8 Å². The minimum absolute atomic E-state index is 1.10. The molecule has 0 saturated heterocycles. The van der Waals surface area contributed by atoms with Crippen molar-refractivity contribution in [3.63, 3.8) is 0 Å². The SMILES string of the molecule is Cc1cc(N(c2ccccc2)c2cccc(-c3ccc4c(c3)c3ccccc3n4-c3ccccc3)c2)c2ccc3c(C)cc(N(c4ccccc4)c4cccc(-c5ccc6c(c5)c5ccccc5n6-c5ccccc5)c4)c4ccc1c2c34. The molecule has 2 heterocycles. The molecule has 0 bridgehead atoms. The average molecular weight is 1050 g/mol. The van der Waals surface area contributed by atoms with E-state index in [0.29, 0.717) is 0 Å². The van der Waals surface area contributed by atoms with Crippen molar-refractivity contribution in [2.24, 2.45) is 0 Å². The molecule has 0 aliphatic rings. The van der Waals surface area contributed by atoms with Crippen LogP contribution >= 0.6 is 0 Å². The lowest BCUT2D eigenvalue weighted by molar-refractivity contribution is 1.18. The van der Waals surface area contributed by atoms with Crippen molar-refractivity contribution in [1.82, 2.24) is 9.13 Å². The van der Waals surface area contributed by atoms with Gasteiger partial charge in [-0.25, -0.2) is 0 Å². The Hall–Kier alpha value is -10.7. The van der Waals surface area contributed by atoms with Crippen LogP contribution in [0.1, 0.15) is 11.1 Å². The summed E-state index contributed by atoms with van der Waals surface area (Å²) in [7, 11) is 0. The first kappa shape index (κ1) is 47.3. The highest BCUT2D eigenvalue weighted by molar-refractivity contribution is 6.29. The van der Waals surface area contributed by atoms with E-state index in [1.165, 1.54) is 98.2 Å². The van der Waals surface area contributed by atoms with E-state index >= 15 is 0 Å². The summed E-state index contributed by atoms with van der Waals surface area (Å²) in [5.41, 5.74) is 20.9. The van der Waals surface area contributed by atoms with Gasteiger partial charge in [0.15, 0.2) is 0 Å². The molecule has 386 valence electrons. The number of nitrogens with zero attached hydrogens (tertiary/aromatic N) is 4. The fraction of sp³-hybridized carbons (Fsp3) is 0.0256. The van der Waals surface area contributed by atoms with Gasteiger partial charge >= 0.3 is 0 Å². The Labute approximate surface area is 476 Å². The van der Waals surface area contributed by atoms with Crippen LogP contribution in [-0.2, 0) is 0 Å². The first-order chi connectivity index (χ1) is 40.5. The van der Waals surface area contributed by atoms with Crippen LogP contribution in [0, 0.1) is 13.8 Å². The molecule has 0 aliphatic carbocycles. The monoisotopic (exact) mass is 1050 g/mol. The van der Waals surface area contributed by atoms with E-state index in [4.69, 9.17) is 0 Å². The molecule has 0 spiro atoms. The maximum atomic E-state index is 2.47. The summed E-state index contributed by atoms with van der Waals surface area (Å²) in [6.07, 6.45) is 0. The van der Waals surface area contributed by atoms with Gasteiger partial charge in [-0.1, -0.05) is 170 Å². The lowest BCUT2D eigenvalue weighted by Gasteiger charge is -2.30. The van der Waals surface area contributed by atoms with Gasteiger partial charge in [0.05, 0.1) is 33.4 Å². The summed E-state index contributed by atoms with van der Waals surface area (Å²) in [6.45, 7) is 4.56. The van der Waals surface area contributed by atoms with E-state index in [-0.39, 0.29) is 0 Å². The second-order valence-corrected chi connectivity index (χ2v) is 21.8. The smallest absolute Gasteiger partial charge is 0.0543 e. The molecule has 4 nitrogen and oxygen atoms in total. The summed E-state index contributed by atoms with van der Waals surface area (Å²) < 4.78 is 4.77. The van der Waals surface area contributed by atoms with Gasteiger partial charge in [0.1, 0.15) is 0 Å². The molecule has 4 heteroatoms. The van der Waals surface area contributed by atoms with E-state index in [2.05, 4.69) is 324 Å². The van der Waals surface area contributed by atoms with Gasteiger partial charge in [-0.2, -0.15) is 0 Å². The van der Waals surface area contributed by atoms with Gasteiger partial charge < -0.3 is 18.9 Å². The summed E-state index contributed by atoms with van der Waals surface area (Å²) in [4.78, 5) is 4.93. The minimum Gasteiger partial charge on any atom is -0.310 e. The first-order valence-electron chi connectivity index (χ1n) is 28.3. The van der Waals surface area contributed by atoms with Crippen molar-refractivity contribution in [1.29, 1.82) is 0 Å². The number of aromatic nitrogens is 2. The van der Waals surface area contributed by atoms with Crippen LogP contribution in [-0.4, -0.2) is 9.13 Å². The molecular weight excluding hydrogens is 993 g/mol. The molecule has 82 heavy (non-hydrogen) atoms. The fourth-order valence-corrected chi connectivity index (χ4v) is 13.3. The number of rotatable bonds is 10. The second kappa shape index (κ2) is 19.0. The summed E-state index contributed by atoms with van der Waals surface area (Å²) in [5, 5.41) is 12.4. The Balaban J connectivity index is 0.850. The molecular formula is C78H54N4. The number of aryl methyl sites for hydroxylation is 2. The molecule has 0 aliphatic heterocycles. The maximum Gasteiger partial charge on any atom is 0.0543 e. The predicted octanol–water partition coefficient (Wildman–Crippen LogP) is 21.7. The molecule has 0 amide bonds.